The number of anilines is 1. The van der Waals surface area contributed by atoms with Crippen molar-refractivity contribution in [1.29, 1.82) is 0 Å². The summed E-state index contributed by atoms with van der Waals surface area (Å²) in [7, 11) is 0. The minimum Gasteiger partial charge on any atom is -0.493 e. The van der Waals surface area contributed by atoms with Gasteiger partial charge in [-0.25, -0.2) is 9.78 Å². The summed E-state index contributed by atoms with van der Waals surface area (Å²) in [5, 5.41) is 15.1. The van der Waals surface area contributed by atoms with Crippen LogP contribution in [-0.4, -0.2) is 80.0 Å². The SMILES string of the molecule is CCN(CC)c1ccc2cc(-c3nc4cc(C(=O)NC(CNC(=O)C5=C/C=C\C=C/C=C\5)C(=O)NCCNC(=O)c5cccc(OCC(C)N=[N+]=[N-])c5)ccc4o3)c(=O)oc2c1. The molecule has 1 aliphatic carbocycles. The number of fused-ring (bicyclic) bond motifs is 2. The lowest BCUT2D eigenvalue weighted by Gasteiger charge is -2.20. The van der Waals surface area contributed by atoms with E-state index in [1.807, 2.05) is 38.1 Å². The lowest BCUT2D eigenvalue weighted by atomic mass is 10.1. The Kier molecular flexibility index (Phi) is 14.7. The molecule has 6 rings (SSSR count). The van der Waals surface area contributed by atoms with Gasteiger partial charge in [-0.15, -0.1) is 0 Å². The summed E-state index contributed by atoms with van der Waals surface area (Å²) in [5.41, 5.74) is 10.8. The first-order valence-electron chi connectivity index (χ1n) is 19.9. The molecule has 62 heavy (non-hydrogen) atoms. The van der Waals surface area contributed by atoms with Crippen molar-refractivity contribution < 1.29 is 32.7 Å². The summed E-state index contributed by atoms with van der Waals surface area (Å²) in [4.78, 5) is 75.8. The summed E-state index contributed by atoms with van der Waals surface area (Å²) >= 11 is 0. The van der Waals surface area contributed by atoms with E-state index in [9.17, 15) is 24.0 Å². The number of rotatable bonds is 18. The van der Waals surface area contributed by atoms with E-state index in [0.717, 1.165) is 18.8 Å². The molecule has 2 atom stereocenters. The second-order valence-corrected chi connectivity index (χ2v) is 14.0. The Morgan fingerprint density at radius 2 is 1.61 bits per heavy atom. The zero-order chi connectivity index (χ0) is 44.0. The summed E-state index contributed by atoms with van der Waals surface area (Å²) in [6.07, 6.45) is 12.0. The highest BCUT2D eigenvalue weighted by atomic mass is 16.5. The first-order chi connectivity index (χ1) is 30.1. The number of hydrogen-bond donors (Lipinski definition) is 4. The number of carbonyl (C=O) groups is 4. The molecule has 1 aliphatic rings. The van der Waals surface area contributed by atoms with E-state index in [0.29, 0.717) is 33.4 Å². The molecule has 0 spiro atoms. The maximum atomic E-state index is 13.7. The smallest absolute Gasteiger partial charge is 0.349 e. The van der Waals surface area contributed by atoms with Gasteiger partial charge in [0.25, 0.3) is 17.7 Å². The molecule has 2 aromatic heterocycles. The Balaban J connectivity index is 1.13. The number of carbonyl (C=O) groups excluding carboxylic acids is 4. The molecule has 2 heterocycles. The van der Waals surface area contributed by atoms with Gasteiger partial charge < -0.3 is 39.7 Å². The van der Waals surface area contributed by atoms with E-state index in [2.05, 4.69) is 41.2 Å². The average Bonchev–Trinajstić information content (AvgIpc) is 3.69. The van der Waals surface area contributed by atoms with Crippen LogP contribution >= 0.6 is 0 Å². The minimum absolute atomic E-state index is 0.00823. The van der Waals surface area contributed by atoms with Gasteiger partial charge in [-0.3, -0.25) is 19.2 Å². The summed E-state index contributed by atoms with van der Waals surface area (Å²) in [6.45, 7) is 7.25. The van der Waals surface area contributed by atoms with Gasteiger partial charge in [-0.1, -0.05) is 48.5 Å². The number of ether oxygens (including phenoxy) is 1. The molecule has 0 radical (unpaired) electrons. The van der Waals surface area contributed by atoms with Gasteiger partial charge >= 0.3 is 5.63 Å². The van der Waals surface area contributed by atoms with Crippen molar-refractivity contribution in [3.05, 3.63) is 147 Å². The molecule has 5 aromatic rings. The van der Waals surface area contributed by atoms with Crippen LogP contribution in [0.15, 0.2) is 134 Å². The first kappa shape index (κ1) is 43.7. The van der Waals surface area contributed by atoms with Gasteiger partial charge in [0.05, 0.1) is 12.6 Å². The largest absolute Gasteiger partial charge is 0.493 e. The molecule has 17 heteroatoms. The Hall–Kier alpha value is -7.91. The fourth-order valence-corrected chi connectivity index (χ4v) is 6.34. The van der Waals surface area contributed by atoms with Crippen LogP contribution in [-0.2, 0) is 9.59 Å². The van der Waals surface area contributed by atoms with Gasteiger partial charge in [-0.05, 0) is 86.1 Å². The summed E-state index contributed by atoms with van der Waals surface area (Å²) < 4.78 is 17.2. The number of oxazole rings is 1. The van der Waals surface area contributed by atoms with Crippen molar-refractivity contribution in [1.82, 2.24) is 26.3 Å². The molecule has 3 aromatic carbocycles. The lowest BCUT2D eigenvalue weighted by molar-refractivity contribution is -0.123. The maximum Gasteiger partial charge on any atom is 0.349 e. The highest BCUT2D eigenvalue weighted by Crippen LogP contribution is 2.28. The van der Waals surface area contributed by atoms with Crippen LogP contribution in [0.4, 0.5) is 5.69 Å². The van der Waals surface area contributed by atoms with Crippen molar-refractivity contribution in [3.8, 4) is 17.2 Å². The molecule has 0 aliphatic heterocycles. The number of nitrogens with zero attached hydrogens (tertiary/aromatic N) is 5. The average molecular weight is 840 g/mol. The molecule has 0 saturated carbocycles. The molecule has 17 nitrogen and oxygen atoms in total. The van der Waals surface area contributed by atoms with E-state index in [4.69, 9.17) is 19.1 Å². The Labute approximate surface area is 355 Å². The standard InChI is InChI=1S/C45H45N9O8/c1-4-54(5-2)33-18-16-30-23-35(45(59)62-39(30)25-33)44-51-36-24-32(17-19-38(36)61-44)42(57)50-37(26-49-40(55)29-12-9-7-6-8-10-13-29)43(58)48-21-20-47-41(56)31-14-11-15-34(22-31)60-27-28(3)52-53-46/h6-19,22-25,28,37H,4-5,20-21,26-27H2,1-3H3,(H,47,56)(H,48,58)(H,49,55)(H,50,57)/b7-6-,8-6?,9-7?,10-8-,12-9-,13-10?,29-12?,29-13+. The maximum absolute atomic E-state index is 13.7. The zero-order valence-corrected chi connectivity index (χ0v) is 34.3. The number of nitrogens with one attached hydrogen (secondary N) is 4. The Bertz CT molecular complexity index is 2700. The minimum atomic E-state index is -1.25. The third kappa shape index (κ3) is 11.2. The molecule has 0 fully saturated rings. The highest BCUT2D eigenvalue weighted by molar-refractivity contribution is 6.01. The number of amides is 4. The summed E-state index contributed by atoms with van der Waals surface area (Å²) in [5.74, 6) is -1.75. The third-order valence-electron chi connectivity index (χ3n) is 9.62. The van der Waals surface area contributed by atoms with E-state index >= 15 is 0 Å². The number of hydrogen-bond acceptors (Lipinski definition) is 11. The molecule has 4 N–H and O–H groups in total. The lowest BCUT2D eigenvalue weighted by Crippen LogP contribution is -2.53. The second-order valence-electron chi connectivity index (χ2n) is 14.0. The molecule has 2 unspecified atom stereocenters. The fraction of sp³-hybridized carbons (Fsp3) is 0.244. The van der Waals surface area contributed by atoms with E-state index in [1.165, 1.54) is 24.3 Å². The molecule has 0 saturated heterocycles. The monoisotopic (exact) mass is 839 g/mol. The van der Waals surface area contributed by atoms with Crippen LogP contribution in [0.5, 0.6) is 5.75 Å². The van der Waals surface area contributed by atoms with Crippen LogP contribution in [0.1, 0.15) is 41.5 Å². The van der Waals surface area contributed by atoms with Crippen LogP contribution in [0.25, 0.3) is 44.0 Å². The van der Waals surface area contributed by atoms with Gasteiger partial charge in [0.15, 0.2) is 5.58 Å². The third-order valence-corrected chi connectivity index (χ3v) is 9.62. The number of aromatic nitrogens is 1. The van der Waals surface area contributed by atoms with Crippen LogP contribution < -0.4 is 36.5 Å². The van der Waals surface area contributed by atoms with Crippen LogP contribution in [0.2, 0.25) is 0 Å². The van der Waals surface area contributed by atoms with Crippen molar-refractivity contribution >= 4 is 51.4 Å². The molecule has 318 valence electrons. The normalized spacial score (nSPS) is 15.3. The van der Waals surface area contributed by atoms with E-state index < -0.39 is 41.3 Å². The number of allylic oxidation sites excluding steroid dienone is 6. The summed E-state index contributed by atoms with van der Waals surface area (Å²) in [6, 6.07) is 16.6. The number of azide groups is 1. The van der Waals surface area contributed by atoms with Gasteiger partial charge in [0, 0.05) is 71.5 Å². The van der Waals surface area contributed by atoms with Crippen molar-refractivity contribution in [2.45, 2.75) is 32.9 Å². The predicted molar refractivity (Wildman–Crippen MR) is 235 cm³/mol. The van der Waals surface area contributed by atoms with Gasteiger partial charge in [-0.2, -0.15) is 0 Å². The van der Waals surface area contributed by atoms with Crippen LogP contribution in [0.3, 0.4) is 0 Å². The molecular weight excluding hydrogens is 795 g/mol. The van der Waals surface area contributed by atoms with Gasteiger partial charge in [0.1, 0.15) is 28.5 Å². The molecule has 4 amide bonds. The van der Waals surface area contributed by atoms with Crippen molar-refractivity contribution in [2.24, 2.45) is 5.11 Å². The Morgan fingerprint density at radius 3 is 2.42 bits per heavy atom. The highest BCUT2D eigenvalue weighted by Gasteiger charge is 2.24. The first-order valence-corrected chi connectivity index (χ1v) is 19.9. The topological polar surface area (TPSA) is 234 Å². The van der Waals surface area contributed by atoms with Crippen molar-refractivity contribution in [3.63, 3.8) is 0 Å². The molecular formula is C45H45N9O8. The van der Waals surface area contributed by atoms with E-state index in [-0.39, 0.29) is 48.8 Å². The van der Waals surface area contributed by atoms with Gasteiger partial charge in [0.2, 0.25) is 11.8 Å². The predicted octanol–water partition coefficient (Wildman–Crippen LogP) is 5.89. The van der Waals surface area contributed by atoms with E-state index in [1.54, 1.807) is 67.6 Å². The van der Waals surface area contributed by atoms with Crippen molar-refractivity contribution in [2.75, 3.05) is 44.2 Å². The number of benzene rings is 3. The second kappa shape index (κ2) is 20.9. The molecule has 0 bridgehead atoms. The quantitative estimate of drug-likeness (QED) is 0.0268. The fourth-order valence-electron chi connectivity index (χ4n) is 6.34. The Morgan fingerprint density at radius 1 is 0.839 bits per heavy atom. The van der Waals surface area contributed by atoms with Crippen LogP contribution in [0, 0.1) is 0 Å². The zero-order valence-electron chi connectivity index (χ0n) is 34.3.